The first-order chi connectivity index (χ1) is 31.8. The molecule has 0 bridgehead atoms. The van der Waals surface area contributed by atoms with Gasteiger partial charge in [-0.2, -0.15) is 0 Å². The zero-order chi connectivity index (χ0) is 41.7. The van der Waals surface area contributed by atoms with Crippen LogP contribution in [0.2, 0.25) is 0 Å². The van der Waals surface area contributed by atoms with Crippen molar-refractivity contribution in [2.45, 2.75) is 5.41 Å². The molecule has 0 amide bonds. The highest BCUT2D eigenvalue weighted by molar-refractivity contribution is 6.26. The van der Waals surface area contributed by atoms with E-state index in [4.69, 9.17) is 4.42 Å². The Hall–Kier alpha value is -8.26. The molecule has 2 aliphatic rings. The molecule has 12 aromatic carbocycles. The largest absolute Gasteiger partial charge is 0.455 e. The summed E-state index contributed by atoms with van der Waals surface area (Å²) in [7, 11) is 0. The summed E-state index contributed by atoms with van der Waals surface area (Å²) in [6.45, 7) is 0. The fourth-order valence-electron chi connectivity index (χ4n) is 12.3. The van der Waals surface area contributed by atoms with Gasteiger partial charge in [-0.05, 0) is 152 Å². The predicted molar refractivity (Wildman–Crippen MR) is 268 cm³/mol. The third kappa shape index (κ3) is 4.29. The molecule has 1 heterocycles. The summed E-state index contributed by atoms with van der Waals surface area (Å²) in [5.74, 6) is 0. The lowest BCUT2D eigenvalue weighted by Crippen LogP contribution is -2.26. The molecule has 1 heteroatoms. The molecule has 0 N–H and O–H groups in total. The van der Waals surface area contributed by atoms with Crippen LogP contribution in [0.3, 0.4) is 0 Å². The molecule has 0 saturated carbocycles. The second kappa shape index (κ2) is 12.4. The summed E-state index contributed by atoms with van der Waals surface area (Å²) in [4.78, 5) is 0. The van der Waals surface area contributed by atoms with Crippen molar-refractivity contribution in [2.75, 3.05) is 0 Å². The van der Waals surface area contributed by atoms with Crippen LogP contribution in [0, 0.1) is 0 Å². The first kappa shape index (κ1) is 34.3. The van der Waals surface area contributed by atoms with Crippen molar-refractivity contribution >= 4 is 75.8 Å². The molecule has 15 rings (SSSR count). The van der Waals surface area contributed by atoms with Crippen molar-refractivity contribution in [1.82, 2.24) is 0 Å². The maximum atomic E-state index is 6.62. The average molecular weight is 809 g/mol. The van der Waals surface area contributed by atoms with E-state index in [1.165, 1.54) is 115 Å². The SMILES string of the molecule is c1ccc2c(c1)-c1ccccc1C21c2cc3ccccc3cc2-c2c1cc(-c1c3ccccc3c(-c3ccc4oc5c6ccccc6ccc5c4c3)c3ccccc13)c1ccccc21. The highest BCUT2D eigenvalue weighted by atomic mass is 16.3. The Morgan fingerprint density at radius 3 is 1.47 bits per heavy atom. The second-order valence-electron chi connectivity index (χ2n) is 17.8. The molecule has 13 aromatic rings. The minimum Gasteiger partial charge on any atom is -0.455 e. The van der Waals surface area contributed by atoms with Crippen LogP contribution >= 0.6 is 0 Å². The maximum absolute atomic E-state index is 6.62. The van der Waals surface area contributed by atoms with Gasteiger partial charge in [0, 0.05) is 16.2 Å². The zero-order valence-electron chi connectivity index (χ0n) is 34.7. The minimum atomic E-state index is -0.500. The first-order valence-corrected chi connectivity index (χ1v) is 22.3. The molecule has 1 aromatic heterocycles. The van der Waals surface area contributed by atoms with Gasteiger partial charge in [0.15, 0.2) is 0 Å². The Morgan fingerprint density at radius 1 is 0.266 bits per heavy atom. The average Bonchev–Trinajstić information content (AvgIpc) is 3.98. The normalized spacial score (nSPS) is 13.4. The Labute approximate surface area is 369 Å². The van der Waals surface area contributed by atoms with Gasteiger partial charge >= 0.3 is 0 Å². The van der Waals surface area contributed by atoms with E-state index >= 15 is 0 Å². The quantitative estimate of drug-likeness (QED) is 0.159. The number of fused-ring (bicyclic) bond motifs is 20. The monoisotopic (exact) mass is 808 g/mol. The summed E-state index contributed by atoms with van der Waals surface area (Å²) in [6.07, 6.45) is 0. The van der Waals surface area contributed by atoms with Crippen LogP contribution in [0.25, 0.3) is 120 Å². The molecule has 1 spiro atoms. The lowest BCUT2D eigenvalue weighted by molar-refractivity contribution is 0.672. The fourth-order valence-corrected chi connectivity index (χ4v) is 12.3. The number of hydrogen-bond acceptors (Lipinski definition) is 1. The van der Waals surface area contributed by atoms with Gasteiger partial charge in [0.25, 0.3) is 0 Å². The van der Waals surface area contributed by atoms with Crippen LogP contribution < -0.4 is 0 Å². The molecule has 0 atom stereocenters. The Kier molecular flexibility index (Phi) is 6.67. The van der Waals surface area contributed by atoms with Crippen LogP contribution in [0.1, 0.15) is 22.3 Å². The van der Waals surface area contributed by atoms with Gasteiger partial charge in [0.2, 0.25) is 0 Å². The number of benzene rings is 12. The van der Waals surface area contributed by atoms with Gasteiger partial charge in [-0.3, -0.25) is 0 Å². The van der Waals surface area contributed by atoms with Crippen LogP contribution in [0.15, 0.2) is 223 Å². The molecule has 64 heavy (non-hydrogen) atoms. The van der Waals surface area contributed by atoms with E-state index in [-0.39, 0.29) is 0 Å². The smallest absolute Gasteiger partial charge is 0.143 e. The highest BCUT2D eigenvalue weighted by Gasteiger charge is 2.52. The van der Waals surface area contributed by atoms with Crippen LogP contribution in [-0.2, 0) is 5.41 Å². The van der Waals surface area contributed by atoms with Crippen molar-refractivity contribution in [2.24, 2.45) is 0 Å². The van der Waals surface area contributed by atoms with E-state index in [1.54, 1.807) is 0 Å². The summed E-state index contributed by atoms with van der Waals surface area (Å²) < 4.78 is 6.62. The summed E-state index contributed by atoms with van der Waals surface area (Å²) in [5, 5.41) is 14.6. The molecule has 0 radical (unpaired) electrons. The van der Waals surface area contributed by atoms with Crippen LogP contribution in [0.4, 0.5) is 0 Å². The topological polar surface area (TPSA) is 13.1 Å². The molecule has 0 aliphatic heterocycles. The molecule has 0 unspecified atom stereocenters. The van der Waals surface area contributed by atoms with Crippen LogP contribution in [-0.4, -0.2) is 0 Å². The van der Waals surface area contributed by atoms with Crippen LogP contribution in [0.5, 0.6) is 0 Å². The Morgan fingerprint density at radius 2 is 0.797 bits per heavy atom. The molecule has 294 valence electrons. The third-order valence-corrected chi connectivity index (χ3v) is 14.8. The van der Waals surface area contributed by atoms with E-state index in [0.29, 0.717) is 0 Å². The van der Waals surface area contributed by atoms with E-state index < -0.39 is 5.41 Å². The van der Waals surface area contributed by atoms with E-state index in [9.17, 15) is 0 Å². The molecule has 0 fully saturated rings. The summed E-state index contributed by atoms with van der Waals surface area (Å²) in [6, 6.07) is 81.8. The molecule has 0 saturated heterocycles. The minimum absolute atomic E-state index is 0.500. The molecular weight excluding hydrogens is 773 g/mol. The first-order valence-electron chi connectivity index (χ1n) is 22.3. The fraction of sp³-hybridized carbons (Fsp3) is 0.0159. The molecular formula is C63H36O. The van der Waals surface area contributed by atoms with Crippen molar-refractivity contribution in [1.29, 1.82) is 0 Å². The summed E-state index contributed by atoms with van der Waals surface area (Å²) in [5.41, 5.74) is 17.0. The maximum Gasteiger partial charge on any atom is 0.143 e. The van der Waals surface area contributed by atoms with E-state index in [0.717, 1.165) is 27.3 Å². The third-order valence-electron chi connectivity index (χ3n) is 14.8. The van der Waals surface area contributed by atoms with Gasteiger partial charge in [0.05, 0.1) is 5.41 Å². The van der Waals surface area contributed by atoms with Crippen molar-refractivity contribution < 1.29 is 4.42 Å². The molecule has 1 nitrogen and oxygen atoms in total. The van der Waals surface area contributed by atoms with Gasteiger partial charge in [0.1, 0.15) is 11.2 Å². The molecule has 2 aliphatic carbocycles. The van der Waals surface area contributed by atoms with E-state index in [1.807, 2.05) is 0 Å². The van der Waals surface area contributed by atoms with Crippen molar-refractivity contribution in [3.8, 4) is 44.5 Å². The van der Waals surface area contributed by atoms with E-state index in [2.05, 4.69) is 218 Å². The number of furan rings is 1. The van der Waals surface area contributed by atoms with Crippen molar-refractivity contribution in [3.63, 3.8) is 0 Å². The Bertz CT molecular complexity index is 4100. The van der Waals surface area contributed by atoms with Gasteiger partial charge in [-0.1, -0.05) is 182 Å². The highest BCUT2D eigenvalue weighted by Crippen LogP contribution is 2.65. The second-order valence-corrected chi connectivity index (χ2v) is 17.8. The zero-order valence-corrected chi connectivity index (χ0v) is 34.7. The standard InChI is InChI=1S/C63H36O/c1-2-17-39-35-56-53(33-38(39)16-1)61-45-22-6-5-19-42(45)52(36-57(61)63(56)54-27-13-11-20-43(54)44-21-12-14-28-55(44)63)60-48-25-9-7-23-46(48)59(47-24-8-10-26-49(47)60)40-30-32-58-51(34-40)50-31-29-37-15-3-4-18-41(37)62(50)64-58/h1-36H. The Balaban J connectivity index is 1.07. The number of rotatable bonds is 2. The van der Waals surface area contributed by atoms with Gasteiger partial charge in [-0.25, -0.2) is 0 Å². The van der Waals surface area contributed by atoms with Gasteiger partial charge in [-0.15, -0.1) is 0 Å². The summed E-state index contributed by atoms with van der Waals surface area (Å²) >= 11 is 0. The predicted octanol–water partition coefficient (Wildman–Crippen LogP) is 17.0. The van der Waals surface area contributed by atoms with Gasteiger partial charge < -0.3 is 4.42 Å². The number of hydrogen-bond donors (Lipinski definition) is 0. The lowest BCUT2D eigenvalue weighted by atomic mass is 9.69. The van der Waals surface area contributed by atoms with Crippen molar-refractivity contribution in [3.05, 3.63) is 241 Å². The lowest BCUT2D eigenvalue weighted by Gasteiger charge is -2.31.